The van der Waals surface area contributed by atoms with Crippen molar-refractivity contribution in [1.29, 1.82) is 0 Å². The Hall–Kier alpha value is -3.68. The molecule has 0 aliphatic carbocycles. The van der Waals surface area contributed by atoms with E-state index in [4.69, 9.17) is 4.42 Å². The lowest BCUT2D eigenvalue weighted by atomic mass is 9.92. The number of ketones is 1. The van der Waals surface area contributed by atoms with Crippen LogP contribution in [0.3, 0.4) is 0 Å². The molecule has 2 aromatic heterocycles. The second kappa shape index (κ2) is 9.50. The molecule has 2 atom stereocenters. The Morgan fingerprint density at radius 2 is 1.90 bits per heavy atom. The van der Waals surface area contributed by atoms with Crippen LogP contribution < -0.4 is 5.32 Å². The van der Waals surface area contributed by atoms with Gasteiger partial charge in [-0.2, -0.15) is 0 Å². The van der Waals surface area contributed by atoms with Gasteiger partial charge in [-0.25, -0.2) is 9.78 Å². The van der Waals surface area contributed by atoms with Crippen LogP contribution in [-0.2, 0) is 22.4 Å². The summed E-state index contributed by atoms with van der Waals surface area (Å²) in [5.74, 6) is -2.56. The second-order valence-electron chi connectivity index (χ2n) is 6.66. The minimum Gasteiger partial charge on any atom is -0.480 e. The Bertz CT molecular complexity index is 936. The number of carboxylic acid groups (broad SMARTS) is 1. The average Bonchev–Trinajstić information content (AvgIpc) is 3.41. The van der Waals surface area contributed by atoms with Crippen LogP contribution >= 0.6 is 0 Å². The van der Waals surface area contributed by atoms with Gasteiger partial charge >= 0.3 is 5.97 Å². The topological polar surface area (TPSA) is 125 Å². The molecule has 150 valence electrons. The maximum Gasteiger partial charge on any atom is 0.326 e. The standard InChI is InChI=1S/C21H21N3O5/c25-18(19-7-4-8-29-19)10-15(9-14-5-2-1-3-6-14)20(26)24-17(21(27)28)11-16-12-22-13-23-16/h1-8,12-13,15,17H,9-11H2,(H,22,23)(H,24,26)(H,27,28)/t15-,17-/m0/s1. The molecule has 8 heteroatoms. The number of hydrogen-bond acceptors (Lipinski definition) is 5. The van der Waals surface area contributed by atoms with Crippen molar-refractivity contribution in [2.24, 2.45) is 5.92 Å². The smallest absolute Gasteiger partial charge is 0.326 e. The molecule has 0 bridgehead atoms. The lowest BCUT2D eigenvalue weighted by molar-refractivity contribution is -0.142. The summed E-state index contributed by atoms with van der Waals surface area (Å²) in [4.78, 5) is 43.8. The molecule has 3 rings (SSSR count). The summed E-state index contributed by atoms with van der Waals surface area (Å²) in [7, 11) is 0. The van der Waals surface area contributed by atoms with Crippen molar-refractivity contribution in [2.75, 3.05) is 0 Å². The number of rotatable bonds is 10. The first kappa shape index (κ1) is 20.1. The summed E-state index contributed by atoms with van der Waals surface area (Å²) in [5.41, 5.74) is 1.39. The van der Waals surface area contributed by atoms with Gasteiger partial charge in [0, 0.05) is 25.0 Å². The number of furan rings is 1. The minimum atomic E-state index is -1.17. The Morgan fingerprint density at radius 3 is 2.52 bits per heavy atom. The van der Waals surface area contributed by atoms with Crippen molar-refractivity contribution in [3.05, 3.63) is 78.3 Å². The molecular formula is C21H21N3O5. The number of aliphatic carboxylic acids is 1. The number of Topliss-reactive ketones (excluding diaryl/α,β-unsaturated/α-hetero) is 1. The average molecular weight is 395 g/mol. The third-order valence-electron chi connectivity index (χ3n) is 4.51. The van der Waals surface area contributed by atoms with Crippen molar-refractivity contribution in [2.45, 2.75) is 25.3 Å². The molecule has 0 saturated carbocycles. The Kier molecular flexibility index (Phi) is 6.57. The van der Waals surface area contributed by atoms with Crippen molar-refractivity contribution >= 4 is 17.7 Å². The van der Waals surface area contributed by atoms with E-state index in [1.54, 1.807) is 12.3 Å². The molecule has 0 saturated heterocycles. The van der Waals surface area contributed by atoms with Crippen LogP contribution in [0.2, 0.25) is 0 Å². The number of carbonyl (C=O) groups is 3. The van der Waals surface area contributed by atoms with Gasteiger partial charge < -0.3 is 19.8 Å². The molecule has 29 heavy (non-hydrogen) atoms. The van der Waals surface area contributed by atoms with E-state index in [0.717, 1.165) is 5.56 Å². The zero-order valence-corrected chi connectivity index (χ0v) is 15.6. The molecule has 0 spiro atoms. The highest BCUT2D eigenvalue weighted by Crippen LogP contribution is 2.17. The fourth-order valence-electron chi connectivity index (χ4n) is 3.02. The van der Waals surface area contributed by atoms with Gasteiger partial charge in [-0.1, -0.05) is 30.3 Å². The molecule has 3 N–H and O–H groups in total. The number of carbonyl (C=O) groups excluding carboxylic acids is 2. The van der Waals surface area contributed by atoms with Crippen LogP contribution in [0.1, 0.15) is 28.2 Å². The van der Waals surface area contributed by atoms with E-state index in [2.05, 4.69) is 15.3 Å². The zero-order chi connectivity index (χ0) is 20.6. The van der Waals surface area contributed by atoms with Gasteiger partial charge in [0.2, 0.25) is 5.91 Å². The van der Waals surface area contributed by atoms with Crippen LogP contribution in [0.4, 0.5) is 0 Å². The van der Waals surface area contributed by atoms with E-state index < -0.39 is 23.8 Å². The summed E-state index contributed by atoms with van der Waals surface area (Å²) in [5, 5.41) is 12.0. The third-order valence-corrected chi connectivity index (χ3v) is 4.51. The predicted octanol–water partition coefficient (Wildman–Crippen LogP) is 2.25. The number of imidazole rings is 1. The number of nitrogens with one attached hydrogen (secondary N) is 2. The number of hydrogen-bond donors (Lipinski definition) is 3. The van der Waals surface area contributed by atoms with Gasteiger partial charge in [0.25, 0.3) is 0 Å². The van der Waals surface area contributed by atoms with Gasteiger partial charge in [0.05, 0.1) is 18.3 Å². The zero-order valence-electron chi connectivity index (χ0n) is 15.6. The Labute approximate surface area is 167 Å². The fourth-order valence-corrected chi connectivity index (χ4v) is 3.02. The molecule has 2 heterocycles. The quantitative estimate of drug-likeness (QED) is 0.452. The summed E-state index contributed by atoms with van der Waals surface area (Å²) >= 11 is 0. The molecule has 1 aromatic carbocycles. The van der Waals surface area contributed by atoms with E-state index in [9.17, 15) is 19.5 Å². The third kappa shape index (κ3) is 5.65. The summed E-state index contributed by atoms with van der Waals surface area (Å²) in [6.45, 7) is 0. The molecule has 0 unspecified atom stereocenters. The highest BCUT2D eigenvalue weighted by molar-refractivity contribution is 5.97. The van der Waals surface area contributed by atoms with Crippen LogP contribution in [0.15, 0.2) is 65.7 Å². The molecule has 0 radical (unpaired) electrons. The maximum absolute atomic E-state index is 12.9. The second-order valence-corrected chi connectivity index (χ2v) is 6.66. The first-order valence-corrected chi connectivity index (χ1v) is 9.14. The lowest BCUT2D eigenvalue weighted by Crippen LogP contribution is -2.45. The monoisotopic (exact) mass is 395 g/mol. The summed E-state index contributed by atoms with van der Waals surface area (Å²) in [6, 6.07) is 11.2. The number of aromatic amines is 1. The van der Waals surface area contributed by atoms with E-state index >= 15 is 0 Å². The molecule has 0 fully saturated rings. The Balaban J connectivity index is 1.74. The number of aromatic nitrogens is 2. The van der Waals surface area contributed by atoms with Gasteiger partial charge in [0.15, 0.2) is 11.5 Å². The van der Waals surface area contributed by atoms with E-state index in [1.165, 1.54) is 18.7 Å². The Morgan fingerprint density at radius 1 is 1.10 bits per heavy atom. The molecule has 0 aliphatic rings. The summed E-state index contributed by atoms with van der Waals surface area (Å²) < 4.78 is 5.13. The summed E-state index contributed by atoms with van der Waals surface area (Å²) in [6.07, 6.45) is 4.65. The van der Waals surface area contributed by atoms with Crippen LogP contribution in [0.25, 0.3) is 0 Å². The SMILES string of the molecule is O=C(C[C@H](Cc1ccccc1)C(=O)N[C@@H](Cc1c[nH]cn1)C(=O)O)c1ccco1. The lowest BCUT2D eigenvalue weighted by Gasteiger charge is -2.19. The largest absolute Gasteiger partial charge is 0.480 e. The first-order valence-electron chi connectivity index (χ1n) is 9.14. The van der Waals surface area contributed by atoms with Crippen molar-refractivity contribution < 1.29 is 23.9 Å². The minimum absolute atomic E-state index is 0.0365. The van der Waals surface area contributed by atoms with Crippen LogP contribution in [0, 0.1) is 5.92 Å². The molecule has 3 aromatic rings. The van der Waals surface area contributed by atoms with Crippen molar-refractivity contribution in [3.8, 4) is 0 Å². The fraction of sp³-hybridized carbons (Fsp3) is 0.238. The van der Waals surface area contributed by atoms with E-state index in [1.807, 2.05) is 30.3 Å². The first-order chi connectivity index (χ1) is 14.0. The van der Waals surface area contributed by atoms with E-state index in [0.29, 0.717) is 12.1 Å². The number of benzene rings is 1. The van der Waals surface area contributed by atoms with Crippen molar-refractivity contribution in [1.82, 2.24) is 15.3 Å². The number of carboxylic acids is 1. The van der Waals surface area contributed by atoms with Crippen molar-refractivity contribution in [3.63, 3.8) is 0 Å². The number of amides is 1. The van der Waals surface area contributed by atoms with Gasteiger partial charge in [-0.05, 0) is 24.1 Å². The number of H-pyrrole nitrogens is 1. The maximum atomic E-state index is 12.9. The normalized spacial score (nSPS) is 12.8. The van der Waals surface area contributed by atoms with Crippen LogP contribution in [0.5, 0.6) is 0 Å². The highest BCUT2D eigenvalue weighted by atomic mass is 16.4. The molecular weight excluding hydrogens is 374 g/mol. The predicted molar refractivity (Wildman–Crippen MR) is 103 cm³/mol. The van der Waals surface area contributed by atoms with Crippen LogP contribution in [-0.4, -0.2) is 38.8 Å². The van der Waals surface area contributed by atoms with E-state index in [-0.39, 0.29) is 24.4 Å². The molecule has 8 nitrogen and oxygen atoms in total. The molecule has 0 aliphatic heterocycles. The number of nitrogens with zero attached hydrogens (tertiary/aromatic N) is 1. The molecule has 1 amide bonds. The highest BCUT2D eigenvalue weighted by Gasteiger charge is 2.28. The van der Waals surface area contributed by atoms with Gasteiger partial charge in [-0.3, -0.25) is 9.59 Å². The van der Waals surface area contributed by atoms with Gasteiger partial charge in [-0.15, -0.1) is 0 Å². The van der Waals surface area contributed by atoms with Gasteiger partial charge in [0.1, 0.15) is 6.04 Å².